The maximum absolute atomic E-state index is 12.1. The van der Waals surface area contributed by atoms with Crippen molar-refractivity contribution in [2.75, 3.05) is 0 Å². The van der Waals surface area contributed by atoms with Gasteiger partial charge < -0.3 is 5.11 Å². The molecule has 4 aliphatic carbocycles. The Hall–Kier alpha value is -0.630. The van der Waals surface area contributed by atoms with Gasteiger partial charge >= 0.3 is 0 Å². The molecule has 178 valence electrons. The summed E-state index contributed by atoms with van der Waals surface area (Å²) in [6.45, 7) is 15.5. The highest BCUT2D eigenvalue weighted by Gasteiger charge is 2.59. The SMILES string of the molecule is CC.C[C@H](CCCC(C)(C)O)C1CCC2C3CC=C4CC(=O)CCC4(C)C3CCC21C. The predicted molar refractivity (Wildman–Crippen MR) is 131 cm³/mol. The fourth-order valence-electron chi connectivity index (χ4n) is 8.51. The lowest BCUT2D eigenvalue weighted by Gasteiger charge is -2.58. The van der Waals surface area contributed by atoms with E-state index in [-0.39, 0.29) is 0 Å². The fraction of sp³-hybridized carbons (Fsp3) is 0.897. The van der Waals surface area contributed by atoms with Crippen molar-refractivity contribution in [3.63, 3.8) is 0 Å². The van der Waals surface area contributed by atoms with E-state index in [1.165, 1.54) is 44.1 Å². The Morgan fingerprint density at radius 1 is 1.13 bits per heavy atom. The van der Waals surface area contributed by atoms with E-state index in [0.29, 0.717) is 16.6 Å². The molecule has 6 unspecified atom stereocenters. The minimum absolute atomic E-state index is 0.300. The lowest BCUT2D eigenvalue weighted by Crippen LogP contribution is -2.50. The second-order valence-corrected chi connectivity index (χ2v) is 12.4. The minimum Gasteiger partial charge on any atom is -0.390 e. The predicted octanol–water partition coefficient (Wildman–Crippen LogP) is 7.74. The third-order valence-corrected chi connectivity index (χ3v) is 10.1. The molecule has 0 aromatic heterocycles. The van der Waals surface area contributed by atoms with Crippen LogP contribution < -0.4 is 0 Å². The third-order valence-electron chi connectivity index (χ3n) is 10.1. The summed E-state index contributed by atoms with van der Waals surface area (Å²) in [5.41, 5.74) is 1.77. The summed E-state index contributed by atoms with van der Waals surface area (Å²) in [6, 6.07) is 0. The van der Waals surface area contributed by atoms with Crippen molar-refractivity contribution in [1.82, 2.24) is 0 Å². The third kappa shape index (κ3) is 4.71. The van der Waals surface area contributed by atoms with Gasteiger partial charge in [-0.25, -0.2) is 0 Å². The quantitative estimate of drug-likeness (QED) is 0.453. The van der Waals surface area contributed by atoms with Crippen LogP contribution in [0, 0.1) is 40.4 Å². The van der Waals surface area contributed by atoms with Gasteiger partial charge in [-0.2, -0.15) is 0 Å². The highest BCUT2D eigenvalue weighted by atomic mass is 16.3. The van der Waals surface area contributed by atoms with Crippen LogP contribution in [0.15, 0.2) is 11.6 Å². The molecule has 0 aromatic rings. The molecule has 3 saturated carbocycles. The lowest BCUT2D eigenvalue weighted by molar-refractivity contribution is -0.122. The average Bonchev–Trinajstić information content (AvgIpc) is 3.06. The summed E-state index contributed by atoms with van der Waals surface area (Å²) in [6.07, 6.45) is 15.3. The van der Waals surface area contributed by atoms with Crippen LogP contribution in [-0.4, -0.2) is 16.5 Å². The van der Waals surface area contributed by atoms with Gasteiger partial charge in [0.25, 0.3) is 0 Å². The number of ketones is 1. The zero-order chi connectivity index (χ0) is 23.0. The fourth-order valence-corrected chi connectivity index (χ4v) is 8.51. The number of carbonyl (C=O) groups is 1. The summed E-state index contributed by atoms with van der Waals surface area (Å²) < 4.78 is 0. The van der Waals surface area contributed by atoms with E-state index in [0.717, 1.165) is 61.7 Å². The second kappa shape index (κ2) is 9.32. The van der Waals surface area contributed by atoms with E-state index in [4.69, 9.17) is 0 Å². The molecule has 4 aliphatic rings. The number of rotatable bonds is 5. The molecule has 0 radical (unpaired) electrons. The first-order valence-corrected chi connectivity index (χ1v) is 13.5. The smallest absolute Gasteiger partial charge is 0.136 e. The van der Waals surface area contributed by atoms with Gasteiger partial charge in [0.2, 0.25) is 0 Å². The standard InChI is InChI=1S/C27H44O2.C2H6/c1-18(7-6-14-25(2,3)29)22-10-11-23-21-9-8-19-17-20(28)12-15-26(19,4)24(21)13-16-27(22,23)5;1-2/h8,18,21-24,29H,6-7,9-17H2,1-5H3;1-2H3/t18-,21?,22?,23?,24?,26?,27?;/m1./s1. The number of aliphatic hydroxyl groups is 1. The van der Waals surface area contributed by atoms with Crippen LogP contribution in [0.3, 0.4) is 0 Å². The molecule has 1 N–H and O–H groups in total. The van der Waals surface area contributed by atoms with E-state index in [2.05, 4.69) is 26.8 Å². The van der Waals surface area contributed by atoms with Crippen LogP contribution >= 0.6 is 0 Å². The van der Waals surface area contributed by atoms with Crippen LogP contribution in [0.4, 0.5) is 0 Å². The van der Waals surface area contributed by atoms with Crippen molar-refractivity contribution >= 4 is 5.78 Å². The van der Waals surface area contributed by atoms with Crippen molar-refractivity contribution in [3.05, 3.63) is 11.6 Å². The van der Waals surface area contributed by atoms with Crippen molar-refractivity contribution in [2.24, 2.45) is 40.4 Å². The molecule has 0 heterocycles. The highest BCUT2D eigenvalue weighted by Crippen LogP contribution is 2.67. The van der Waals surface area contributed by atoms with Crippen molar-refractivity contribution in [3.8, 4) is 0 Å². The molecule has 2 nitrogen and oxygen atoms in total. The molecule has 0 amide bonds. The summed E-state index contributed by atoms with van der Waals surface area (Å²) in [7, 11) is 0. The monoisotopic (exact) mass is 430 g/mol. The Balaban J connectivity index is 0.00000132. The molecular weight excluding hydrogens is 380 g/mol. The Kier molecular flexibility index (Phi) is 7.51. The van der Waals surface area contributed by atoms with Crippen molar-refractivity contribution in [2.45, 2.75) is 125 Å². The highest BCUT2D eigenvalue weighted by molar-refractivity contribution is 5.82. The van der Waals surface area contributed by atoms with Gasteiger partial charge in [0.15, 0.2) is 0 Å². The van der Waals surface area contributed by atoms with Gasteiger partial charge in [0.05, 0.1) is 5.60 Å². The van der Waals surface area contributed by atoms with Gasteiger partial charge in [-0.3, -0.25) is 4.79 Å². The van der Waals surface area contributed by atoms with Gasteiger partial charge in [0.1, 0.15) is 5.78 Å². The molecular formula is C29H50O2. The molecule has 0 aromatic carbocycles. The topological polar surface area (TPSA) is 37.3 Å². The van der Waals surface area contributed by atoms with Gasteiger partial charge in [-0.1, -0.05) is 59.1 Å². The largest absolute Gasteiger partial charge is 0.390 e. The minimum atomic E-state index is -0.525. The first-order valence-electron chi connectivity index (χ1n) is 13.5. The molecule has 7 atom stereocenters. The maximum Gasteiger partial charge on any atom is 0.136 e. The maximum atomic E-state index is 12.1. The average molecular weight is 431 g/mol. The van der Waals surface area contributed by atoms with E-state index in [1.807, 2.05) is 27.7 Å². The first kappa shape index (κ1) is 25.0. The van der Waals surface area contributed by atoms with E-state index >= 15 is 0 Å². The van der Waals surface area contributed by atoms with Crippen LogP contribution in [0.25, 0.3) is 0 Å². The summed E-state index contributed by atoms with van der Waals surface area (Å²) in [5.74, 6) is 4.59. The van der Waals surface area contributed by atoms with Crippen molar-refractivity contribution in [1.29, 1.82) is 0 Å². The molecule has 3 fully saturated rings. The Bertz CT molecular complexity index is 671. The summed E-state index contributed by atoms with van der Waals surface area (Å²) in [5, 5.41) is 10.1. The van der Waals surface area contributed by atoms with Crippen LogP contribution in [-0.2, 0) is 4.79 Å². The number of carbonyl (C=O) groups excluding carboxylic acids is 1. The van der Waals surface area contributed by atoms with E-state index in [9.17, 15) is 9.90 Å². The lowest BCUT2D eigenvalue weighted by atomic mass is 9.47. The summed E-state index contributed by atoms with van der Waals surface area (Å²) in [4.78, 5) is 12.1. The molecule has 0 saturated heterocycles. The molecule has 4 rings (SSSR count). The van der Waals surface area contributed by atoms with Gasteiger partial charge in [-0.05, 0) is 99.2 Å². The normalized spacial score (nSPS) is 40.6. The van der Waals surface area contributed by atoms with Crippen LogP contribution in [0.5, 0.6) is 0 Å². The van der Waals surface area contributed by atoms with Crippen molar-refractivity contribution < 1.29 is 9.90 Å². The van der Waals surface area contributed by atoms with Gasteiger partial charge in [0, 0.05) is 12.8 Å². The molecule has 0 spiro atoms. The molecule has 0 bridgehead atoms. The number of allylic oxidation sites excluding steroid dienone is 2. The second-order valence-electron chi connectivity index (χ2n) is 12.4. The Morgan fingerprint density at radius 3 is 2.52 bits per heavy atom. The zero-order valence-electron chi connectivity index (χ0n) is 21.6. The molecule has 2 heteroatoms. The number of fused-ring (bicyclic) bond motifs is 5. The summed E-state index contributed by atoms with van der Waals surface area (Å²) >= 11 is 0. The van der Waals surface area contributed by atoms with Crippen LogP contribution in [0.1, 0.15) is 119 Å². The van der Waals surface area contributed by atoms with Crippen LogP contribution in [0.2, 0.25) is 0 Å². The first-order chi connectivity index (χ1) is 14.5. The molecule has 0 aliphatic heterocycles. The van der Waals surface area contributed by atoms with Gasteiger partial charge in [-0.15, -0.1) is 0 Å². The number of hydrogen-bond donors (Lipinski definition) is 1. The number of hydrogen-bond acceptors (Lipinski definition) is 2. The van der Waals surface area contributed by atoms with E-state index in [1.54, 1.807) is 0 Å². The van der Waals surface area contributed by atoms with E-state index < -0.39 is 5.60 Å². The molecule has 31 heavy (non-hydrogen) atoms. The Morgan fingerprint density at radius 2 is 1.84 bits per heavy atom. The Labute approximate surface area is 192 Å². The zero-order valence-corrected chi connectivity index (χ0v) is 21.6. The number of Topliss-reactive ketones (excluding diaryl/α,β-unsaturated/α-hetero) is 1.